The van der Waals surface area contributed by atoms with Gasteiger partial charge >= 0.3 is 0 Å². The van der Waals surface area contributed by atoms with Crippen molar-refractivity contribution in [2.24, 2.45) is 0 Å². The first-order valence-corrected chi connectivity index (χ1v) is 11.7. The standard InChI is InChI=1S/C27H27N7O/c1-27(35)16-33(15-25(27)31(2)3)22-8-9-23-21(10-22)14-32-13-20(19-6-4-18(12-28)5-7-19)11-24(32)26-30-29-17-34(23)26/h4-11,13,17,25,35H,14-16H2,1-3H3/t25-,27-/m0/s1. The zero-order chi connectivity index (χ0) is 24.3. The fourth-order valence-corrected chi connectivity index (χ4v) is 5.50. The lowest BCUT2D eigenvalue weighted by atomic mass is 10.0. The van der Waals surface area contributed by atoms with Crippen LogP contribution in [0.3, 0.4) is 0 Å². The Morgan fingerprint density at radius 3 is 2.63 bits per heavy atom. The number of aliphatic hydroxyl groups is 1. The fourth-order valence-electron chi connectivity index (χ4n) is 5.50. The predicted octanol–water partition coefficient (Wildman–Crippen LogP) is 3.14. The van der Waals surface area contributed by atoms with Crippen LogP contribution in [-0.2, 0) is 6.54 Å². The number of benzene rings is 2. The van der Waals surface area contributed by atoms with Crippen LogP contribution >= 0.6 is 0 Å². The van der Waals surface area contributed by atoms with Gasteiger partial charge in [-0.2, -0.15) is 5.26 Å². The number of likely N-dealkylation sites (N-methyl/N-ethyl adjacent to an activating group) is 1. The number of anilines is 1. The first-order chi connectivity index (χ1) is 16.8. The van der Waals surface area contributed by atoms with E-state index in [-0.39, 0.29) is 6.04 Å². The molecule has 176 valence electrons. The second-order valence-corrected chi connectivity index (χ2v) is 9.99. The third kappa shape index (κ3) is 3.52. The lowest BCUT2D eigenvalue weighted by Crippen LogP contribution is -2.46. The summed E-state index contributed by atoms with van der Waals surface area (Å²) in [7, 11) is 4.04. The van der Waals surface area contributed by atoms with Crippen LogP contribution < -0.4 is 4.90 Å². The maximum Gasteiger partial charge on any atom is 0.185 e. The number of fused-ring (bicyclic) bond motifs is 5. The SMILES string of the molecule is CN(C)[C@H]1CN(c2ccc3c(c2)Cn2cc(-c4ccc(C#N)cc4)cc2-c2nncn2-3)C[C@]1(C)O. The third-order valence-corrected chi connectivity index (χ3v) is 7.29. The monoisotopic (exact) mass is 465 g/mol. The minimum Gasteiger partial charge on any atom is -0.387 e. The highest BCUT2D eigenvalue weighted by Crippen LogP contribution is 2.36. The normalized spacial score (nSPS) is 20.8. The summed E-state index contributed by atoms with van der Waals surface area (Å²) in [5, 5.41) is 28.8. The van der Waals surface area contributed by atoms with E-state index >= 15 is 0 Å². The largest absolute Gasteiger partial charge is 0.387 e. The number of hydrogen-bond acceptors (Lipinski definition) is 6. The number of β-amino-alcohol motifs (C(OH)–C–C–N with tert-alkyl or cyclic N) is 1. The van der Waals surface area contributed by atoms with Crippen molar-refractivity contribution in [3.63, 3.8) is 0 Å². The van der Waals surface area contributed by atoms with Gasteiger partial charge in [-0.3, -0.25) is 4.57 Å². The van der Waals surface area contributed by atoms with E-state index in [0.29, 0.717) is 18.7 Å². The second kappa shape index (κ2) is 7.80. The molecule has 4 aromatic rings. The summed E-state index contributed by atoms with van der Waals surface area (Å²) in [5.74, 6) is 0.799. The maximum absolute atomic E-state index is 11.0. The Kier molecular flexibility index (Phi) is 4.81. The number of hydrogen-bond donors (Lipinski definition) is 1. The highest BCUT2D eigenvalue weighted by molar-refractivity contribution is 5.72. The van der Waals surface area contributed by atoms with Crippen molar-refractivity contribution >= 4 is 5.69 Å². The maximum atomic E-state index is 11.0. The van der Waals surface area contributed by atoms with Crippen molar-refractivity contribution in [1.82, 2.24) is 24.2 Å². The molecular formula is C27H27N7O. The molecular weight excluding hydrogens is 438 g/mol. The summed E-state index contributed by atoms with van der Waals surface area (Å²) in [6.45, 7) is 3.97. The molecule has 35 heavy (non-hydrogen) atoms. The van der Waals surface area contributed by atoms with Crippen LogP contribution in [0.2, 0.25) is 0 Å². The number of nitriles is 1. The molecule has 0 bridgehead atoms. The molecule has 0 amide bonds. The van der Waals surface area contributed by atoms with E-state index in [1.165, 1.54) is 0 Å². The van der Waals surface area contributed by atoms with Crippen molar-refractivity contribution in [1.29, 1.82) is 5.26 Å². The molecule has 8 heteroatoms. The predicted molar refractivity (Wildman–Crippen MR) is 134 cm³/mol. The molecule has 2 atom stereocenters. The average molecular weight is 466 g/mol. The van der Waals surface area contributed by atoms with Crippen molar-refractivity contribution < 1.29 is 5.11 Å². The molecule has 2 aliphatic heterocycles. The van der Waals surface area contributed by atoms with Crippen LogP contribution in [0.5, 0.6) is 0 Å². The van der Waals surface area contributed by atoms with E-state index in [4.69, 9.17) is 5.26 Å². The quantitative estimate of drug-likeness (QED) is 0.441. The Hall–Kier alpha value is -3.93. The van der Waals surface area contributed by atoms with E-state index in [2.05, 4.69) is 61.1 Å². The molecule has 8 nitrogen and oxygen atoms in total. The topological polar surface area (TPSA) is 86.1 Å². The van der Waals surface area contributed by atoms with E-state index in [0.717, 1.165) is 46.1 Å². The summed E-state index contributed by atoms with van der Waals surface area (Å²) < 4.78 is 4.26. The molecule has 2 aromatic carbocycles. The molecule has 0 aliphatic carbocycles. The van der Waals surface area contributed by atoms with Gasteiger partial charge in [-0.25, -0.2) is 0 Å². The van der Waals surface area contributed by atoms with Crippen LogP contribution in [-0.4, -0.2) is 68.2 Å². The van der Waals surface area contributed by atoms with Crippen LogP contribution in [0.15, 0.2) is 61.1 Å². The molecule has 6 rings (SSSR count). The molecule has 1 N–H and O–H groups in total. The van der Waals surface area contributed by atoms with Gasteiger partial charge in [-0.05, 0) is 68.5 Å². The molecule has 4 heterocycles. The van der Waals surface area contributed by atoms with Gasteiger partial charge in [0.05, 0.1) is 34.7 Å². The molecule has 1 fully saturated rings. The van der Waals surface area contributed by atoms with Crippen LogP contribution in [0, 0.1) is 11.3 Å². The van der Waals surface area contributed by atoms with Crippen molar-refractivity contribution in [3.8, 4) is 34.4 Å². The minimum atomic E-state index is -0.776. The molecule has 2 aromatic heterocycles. The van der Waals surface area contributed by atoms with E-state index in [9.17, 15) is 5.11 Å². The van der Waals surface area contributed by atoms with Gasteiger partial charge in [0.2, 0.25) is 0 Å². The number of rotatable bonds is 3. The lowest BCUT2D eigenvalue weighted by Gasteiger charge is -2.29. The summed E-state index contributed by atoms with van der Waals surface area (Å²) in [6, 6.07) is 18.5. The van der Waals surface area contributed by atoms with Crippen molar-refractivity contribution in [2.45, 2.75) is 25.1 Å². The lowest BCUT2D eigenvalue weighted by molar-refractivity contribution is 0.0186. The Bertz CT molecular complexity index is 1460. The molecule has 0 radical (unpaired) electrons. The van der Waals surface area contributed by atoms with Gasteiger partial charge < -0.3 is 19.5 Å². The minimum absolute atomic E-state index is 0.0665. The smallest absolute Gasteiger partial charge is 0.185 e. The van der Waals surface area contributed by atoms with Crippen LogP contribution in [0.25, 0.3) is 28.3 Å². The van der Waals surface area contributed by atoms with Gasteiger partial charge in [0, 0.05) is 37.1 Å². The first-order valence-electron chi connectivity index (χ1n) is 11.7. The summed E-state index contributed by atoms with van der Waals surface area (Å²) >= 11 is 0. The molecule has 0 unspecified atom stereocenters. The third-order valence-electron chi connectivity index (χ3n) is 7.29. The Morgan fingerprint density at radius 1 is 1.11 bits per heavy atom. The molecule has 2 aliphatic rings. The zero-order valence-electron chi connectivity index (χ0n) is 20.0. The van der Waals surface area contributed by atoms with Gasteiger partial charge in [0.25, 0.3) is 0 Å². The average Bonchev–Trinajstić information content (AvgIpc) is 3.54. The number of nitrogens with zero attached hydrogens (tertiary/aromatic N) is 7. The van der Waals surface area contributed by atoms with Gasteiger partial charge in [0.1, 0.15) is 6.33 Å². The van der Waals surface area contributed by atoms with Crippen molar-refractivity contribution in [3.05, 3.63) is 72.2 Å². The van der Waals surface area contributed by atoms with Gasteiger partial charge in [-0.15, -0.1) is 10.2 Å². The fraction of sp³-hybridized carbons (Fsp3) is 0.296. The summed E-state index contributed by atoms with van der Waals surface area (Å²) in [4.78, 5) is 4.37. The van der Waals surface area contributed by atoms with Gasteiger partial charge in [-0.1, -0.05) is 12.1 Å². The second-order valence-electron chi connectivity index (χ2n) is 9.99. The van der Waals surface area contributed by atoms with E-state index in [1.807, 2.05) is 49.9 Å². The van der Waals surface area contributed by atoms with Crippen LogP contribution in [0.1, 0.15) is 18.1 Å². The number of aromatic nitrogens is 4. The van der Waals surface area contributed by atoms with E-state index < -0.39 is 5.60 Å². The Balaban J connectivity index is 1.40. The first kappa shape index (κ1) is 21.6. The molecule has 0 saturated carbocycles. The Labute approximate surface area is 204 Å². The van der Waals surface area contributed by atoms with Crippen molar-refractivity contribution in [2.75, 3.05) is 32.1 Å². The van der Waals surface area contributed by atoms with E-state index in [1.54, 1.807) is 6.33 Å². The zero-order valence-corrected chi connectivity index (χ0v) is 20.0. The van der Waals surface area contributed by atoms with Crippen LogP contribution in [0.4, 0.5) is 5.69 Å². The Morgan fingerprint density at radius 2 is 1.91 bits per heavy atom. The highest BCUT2D eigenvalue weighted by Gasteiger charge is 2.43. The molecule has 1 saturated heterocycles. The highest BCUT2D eigenvalue weighted by atomic mass is 16.3. The van der Waals surface area contributed by atoms with Gasteiger partial charge in [0.15, 0.2) is 5.82 Å². The summed E-state index contributed by atoms with van der Waals surface area (Å²) in [6.07, 6.45) is 3.90. The summed E-state index contributed by atoms with van der Waals surface area (Å²) in [5.41, 5.74) is 6.32. The molecule has 0 spiro atoms.